The van der Waals surface area contributed by atoms with Crippen LogP contribution >= 0.6 is 0 Å². The maximum Gasteiger partial charge on any atom is 0.0434 e. The molecule has 1 N–H and O–H groups in total. The maximum absolute atomic E-state index is 8.67. The first kappa shape index (κ1) is 9.27. The predicted octanol–water partition coefficient (Wildman–Crippen LogP) is 2.23. The highest BCUT2D eigenvalue weighted by Crippen LogP contribution is 2.11. The SMILES string of the molecule is Cc1ccc(CCCO)c(C)c1. The minimum atomic E-state index is 0.285. The minimum Gasteiger partial charge on any atom is -0.396 e. The fraction of sp³-hybridized carbons (Fsp3) is 0.455. The second kappa shape index (κ2) is 4.27. The molecule has 0 radical (unpaired) electrons. The molecular weight excluding hydrogens is 148 g/mol. The second-order valence-electron chi connectivity index (χ2n) is 3.26. The number of aliphatic hydroxyl groups is 1. The van der Waals surface area contributed by atoms with Gasteiger partial charge in [0.25, 0.3) is 0 Å². The standard InChI is InChI=1S/C11H16O/c1-9-5-6-11(4-3-7-12)10(2)8-9/h5-6,8,12H,3-4,7H2,1-2H3. The van der Waals surface area contributed by atoms with E-state index in [0.29, 0.717) is 0 Å². The molecule has 1 aromatic rings. The van der Waals surface area contributed by atoms with Crippen molar-refractivity contribution in [3.05, 3.63) is 34.9 Å². The van der Waals surface area contributed by atoms with E-state index in [2.05, 4.69) is 32.0 Å². The summed E-state index contributed by atoms with van der Waals surface area (Å²) in [5, 5.41) is 8.67. The molecule has 0 bridgehead atoms. The van der Waals surface area contributed by atoms with Crippen LogP contribution in [0.4, 0.5) is 0 Å². The van der Waals surface area contributed by atoms with Crippen LogP contribution < -0.4 is 0 Å². The van der Waals surface area contributed by atoms with Crippen molar-refractivity contribution in [3.63, 3.8) is 0 Å². The average molecular weight is 164 g/mol. The number of benzene rings is 1. The molecule has 1 heteroatoms. The zero-order valence-electron chi connectivity index (χ0n) is 7.80. The van der Waals surface area contributed by atoms with Gasteiger partial charge in [-0.3, -0.25) is 0 Å². The molecular formula is C11H16O. The van der Waals surface area contributed by atoms with Gasteiger partial charge in [0.2, 0.25) is 0 Å². The fourth-order valence-corrected chi connectivity index (χ4v) is 1.40. The number of hydrogen-bond acceptors (Lipinski definition) is 1. The van der Waals surface area contributed by atoms with Crippen LogP contribution in [0, 0.1) is 13.8 Å². The lowest BCUT2D eigenvalue weighted by Crippen LogP contribution is -1.92. The van der Waals surface area contributed by atoms with Gasteiger partial charge in [0.15, 0.2) is 0 Å². The summed E-state index contributed by atoms with van der Waals surface area (Å²) in [7, 11) is 0. The van der Waals surface area contributed by atoms with E-state index in [4.69, 9.17) is 5.11 Å². The molecule has 0 atom stereocenters. The van der Waals surface area contributed by atoms with Gasteiger partial charge in [-0.2, -0.15) is 0 Å². The third kappa shape index (κ3) is 2.35. The summed E-state index contributed by atoms with van der Waals surface area (Å²) < 4.78 is 0. The van der Waals surface area contributed by atoms with Gasteiger partial charge in [0, 0.05) is 6.61 Å². The molecule has 66 valence electrons. The molecule has 0 heterocycles. The molecule has 12 heavy (non-hydrogen) atoms. The largest absolute Gasteiger partial charge is 0.396 e. The zero-order valence-corrected chi connectivity index (χ0v) is 7.80. The van der Waals surface area contributed by atoms with Crippen molar-refractivity contribution < 1.29 is 5.11 Å². The van der Waals surface area contributed by atoms with Crippen LogP contribution in [-0.4, -0.2) is 11.7 Å². The molecule has 0 aliphatic carbocycles. The number of aryl methyl sites for hydroxylation is 3. The first-order valence-corrected chi connectivity index (χ1v) is 4.41. The van der Waals surface area contributed by atoms with Crippen LogP contribution in [0.3, 0.4) is 0 Å². The predicted molar refractivity (Wildman–Crippen MR) is 51.3 cm³/mol. The van der Waals surface area contributed by atoms with Gasteiger partial charge in [-0.25, -0.2) is 0 Å². The highest BCUT2D eigenvalue weighted by atomic mass is 16.2. The van der Waals surface area contributed by atoms with E-state index in [0.717, 1.165) is 12.8 Å². The van der Waals surface area contributed by atoms with Crippen LogP contribution in [0.5, 0.6) is 0 Å². The molecule has 1 rings (SSSR count). The first-order valence-electron chi connectivity index (χ1n) is 4.41. The third-order valence-electron chi connectivity index (χ3n) is 2.10. The number of rotatable bonds is 3. The van der Waals surface area contributed by atoms with E-state index in [1.165, 1.54) is 16.7 Å². The topological polar surface area (TPSA) is 20.2 Å². The van der Waals surface area contributed by atoms with E-state index in [-0.39, 0.29) is 6.61 Å². The van der Waals surface area contributed by atoms with Gasteiger partial charge in [0.1, 0.15) is 0 Å². The maximum atomic E-state index is 8.67. The van der Waals surface area contributed by atoms with E-state index in [1.54, 1.807) is 0 Å². The Morgan fingerprint density at radius 3 is 2.58 bits per heavy atom. The van der Waals surface area contributed by atoms with Gasteiger partial charge < -0.3 is 5.11 Å². The highest BCUT2D eigenvalue weighted by molar-refractivity contribution is 5.30. The molecule has 0 aliphatic heterocycles. The highest BCUT2D eigenvalue weighted by Gasteiger charge is 1.97. The second-order valence-corrected chi connectivity index (χ2v) is 3.26. The van der Waals surface area contributed by atoms with Crippen LogP contribution in [-0.2, 0) is 6.42 Å². The third-order valence-corrected chi connectivity index (χ3v) is 2.10. The van der Waals surface area contributed by atoms with Crippen molar-refractivity contribution in [1.29, 1.82) is 0 Å². The molecule has 0 aromatic heterocycles. The Labute approximate surface area is 74.1 Å². The van der Waals surface area contributed by atoms with E-state index < -0.39 is 0 Å². The summed E-state index contributed by atoms with van der Waals surface area (Å²) in [4.78, 5) is 0. The Morgan fingerprint density at radius 2 is 2.00 bits per heavy atom. The molecule has 0 saturated carbocycles. The quantitative estimate of drug-likeness (QED) is 0.726. The van der Waals surface area contributed by atoms with Gasteiger partial charge in [0.05, 0.1) is 0 Å². The van der Waals surface area contributed by atoms with Crippen LogP contribution in [0.1, 0.15) is 23.1 Å². The Bertz CT molecular complexity index is 253. The van der Waals surface area contributed by atoms with Crippen molar-refractivity contribution in [2.45, 2.75) is 26.7 Å². The molecule has 0 fully saturated rings. The molecule has 0 aliphatic rings. The van der Waals surface area contributed by atoms with Crippen molar-refractivity contribution in [3.8, 4) is 0 Å². The van der Waals surface area contributed by atoms with Crippen LogP contribution in [0.25, 0.3) is 0 Å². The minimum absolute atomic E-state index is 0.285. The van der Waals surface area contributed by atoms with E-state index in [1.807, 2.05) is 0 Å². The van der Waals surface area contributed by atoms with Gasteiger partial charge in [-0.05, 0) is 37.8 Å². The van der Waals surface area contributed by atoms with Gasteiger partial charge in [-0.15, -0.1) is 0 Å². The summed E-state index contributed by atoms with van der Waals surface area (Å²) in [6.07, 6.45) is 1.85. The zero-order chi connectivity index (χ0) is 8.97. The normalized spacial score (nSPS) is 10.2. The average Bonchev–Trinajstić information content (AvgIpc) is 2.03. The molecule has 0 unspecified atom stereocenters. The Balaban J connectivity index is 2.72. The van der Waals surface area contributed by atoms with Crippen molar-refractivity contribution in [2.24, 2.45) is 0 Å². The van der Waals surface area contributed by atoms with Gasteiger partial charge >= 0.3 is 0 Å². The van der Waals surface area contributed by atoms with Crippen molar-refractivity contribution >= 4 is 0 Å². The fourth-order valence-electron chi connectivity index (χ4n) is 1.40. The Hall–Kier alpha value is -0.820. The molecule has 0 spiro atoms. The monoisotopic (exact) mass is 164 g/mol. The lowest BCUT2D eigenvalue weighted by Gasteiger charge is -2.04. The molecule has 1 aromatic carbocycles. The smallest absolute Gasteiger partial charge is 0.0434 e. The van der Waals surface area contributed by atoms with Gasteiger partial charge in [-0.1, -0.05) is 23.8 Å². The molecule has 0 saturated heterocycles. The van der Waals surface area contributed by atoms with E-state index >= 15 is 0 Å². The Kier molecular flexibility index (Phi) is 3.30. The number of hydrogen-bond donors (Lipinski definition) is 1. The summed E-state index contributed by atoms with van der Waals surface area (Å²) in [5.41, 5.74) is 4.00. The molecule has 0 amide bonds. The summed E-state index contributed by atoms with van der Waals surface area (Å²) in [6.45, 7) is 4.51. The van der Waals surface area contributed by atoms with E-state index in [9.17, 15) is 0 Å². The first-order chi connectivity index (χ1) is 5.74. The lowest BCUT2D eigenvalue weighted by molar-refractivity contribution is 0.288. The summed E-state index contributed by atoms with van der Waals surface area (Å²) in [6, 6.07) is 6.47. The lowest BCUT2D eigenvalue weighted by atomic mass is 10.0. The summed E-state index contributed by atoms with van der Waals surface area (Å²) >= 11 is 0. The summed E-state index contributed by atoms with van der Waals surface area (Å²) in [5.74, 6) is 0. The Morgan fingerprint density at radius 1 is 1.25 bits per heavy atom. The van der Waals surface area contributed by atoms with Crippen LogP contribution in [0.2, 0.25) is 0 Å². The number of aliphatic hydroxyl groups excluding tert-OH is 1. The van der Waals surface area contributed by atoms with Crippen LogP contribution in [0.15, 0.2) is 18.2 Å². The van der Waals surface area contributed by atoms with Crippen molar-refractivity contribution in [2.75, 3.05) is 6.61 Å². The molecule has 1 nitrogen and oxygen atoms in total. The van der Waals surface area contributed by atoms with Crippen molar-refractivity contribution in [1.82, 2.24) is 0 Å².